The highest BCUT2D eigenvalue weighted by Gasteiger charge is 2.11. The van der Waals surface area contributed by atoms with E-state index in [0.29, 0.717) is 23.0 Å². The molecule has 0 atom stereocenters. The van der Waals surface area contributed by atoms with Crippen LogP contribution in [-0.4, -0.2) is 5.78 Å². The number of halogens is 1. The van der Waals surface area contributed by atoms with Crippen LogP contribution in [0.4, 0.5) is 0 Å². The van der Waals surface area contributed by atoms with Crippen LogP contribution in [-0.2, 0) is 0 Å². The van der Waals surface area contributed by atoms with E-state index in [2.05, 4.69) is 0 Å². The number of aryl methyl sites for hydroxylation is 1. The van der Waals surface area contributed by atoms with Crippen LogP contribution in [0.2, 0.25) is 5.02 Å². The molecule has 0 aliphatic rings. The Morgan fingerprint density at radius 1 is 1.29 bits per heavy atom. The molecule has 0 unspecified atom stereocenters. The topological polar surface area (TPSA) is 30.2 Å². The van der Waals surface area contributed by atoms with Gasteiger partial charge in [-0.2, -0.15) is 0 Å². The Morgan fingerprint density at radius 2 is 2.06 bits per heavy atom. The third-order valence-electron chi connectivity index (χ3n) is 2.66. The first-order valence-corrected chi connectivity index (χ1v) is 5.89. The van der Waals surface area contributed by atoms with Crippen LogP contribution >= 0.6 is 11.6 Å². The van der Waals surface area contributed by atoms with Crippen LogP contribution in [0.1, 0.15) is 29.5 Å². The number of benzene rings is 1. The van der Waals surface area contributed by atoms with Gasteiger partial charge in [0.25, 0.3) is 0 Å². The van der Waals surface area contributed by atoms with E-state index < -0.39 is 0 Å². The zero-order valence-corrected chi connectivity index (χ0v) is 10.5. The van der Waals surface area contributed by atoms with E-state index in [1.54, 1.807) is 6.07 Å². The van der Waals surface area contributed by atoms with Crippen molar-refractivity contribution in [3.63, 3.8) is 0 Å². The Hall–Kier alpha value is -1.54. The first kappa shape index (κ1) is 11.9. The fourth-order valence-corrected chi connectivity index (χ4v) is 1.94. The molecule has 1 heterocycles. The SMILES string of the molecule is CCC(=O)c1ccc(-c2ccc(Cl)cc2C)o1. The van der Waals surface area contributed by atoms with Gasteiger partial charge in [-0.15, -0.1) is 0 Å². The van der Waals surface area contributed by atoms with Crippen LogP contribution < -0.4 is 0 Å². The zero-order valence-electron chi connectivity index (χ0n) is 9.79. The third kappa shape index (κ3) is 2.42. The minimum Gasteiger partial charge on any atom is -0.453 e. The molecule has 0 N–H and O–H groups in total. The minimum atomic E-state index is 0.0165. The average molecular weight is 249 g/mol. The molecule has 0 spiro atoms. The standard InChI is InChI=1S/C14H13ClO2/c1-3-12(16)14-7-6-13(17-14)11-5-4-10(15)8-9(11)2/h4-8H,3H2,1-2H3. The van der Waals surface area contributed by atoms with Crippen molar-refractivity contribution in [1.82, 2.24) is 0 Å². The number of carbonyl (C=O) groups excluding carboxylic acids is 1. The van der Waals surface area contributed by atoms with Crippen LogP contribution in [0, 0.1) is 6.92 Å². The molecule has 0 aliphatic carbocycles. The Labute approximate surface area is 105 Å². The molecule has 2 aromatic rings. The molecule has 2 rings (SSSR count). The number of carbonyl (C=O) groups is 1. The molecule has 0 amide bonds. The lowest BCUT2D eigenvalue weighted by Gasteiger charge is -2.02. The normalized spacial score (nSPS) is 10.5. The highest BCUT2D eigenvalue weighted by Crippen LogP contribution is 2.27. The van der Waals surface area contributed by atoms with Crippen LogP contribution in [0.25, 0.3) is 11.3 Å². The number of hydrogen-bond donors (Lipinski definition) is 0. The minimum absolute atomic E-state index is 0.0165. The third-order valence-corrected chi connectivity index (χ3v) is 2.89. The summed E-state index contributed by atoms with van der Waals surface area (Å²) in [5.41, 5.74) is 1.99. The molecular weight excluding hydrogens is 236 g/mol. The second-order valence-electron chi connectivity index (χ2n) is 3.90. The average Bonchev–Trinajstić information content (AvgIpc) is 2.77. The van der Waals surface area contributed by atoms with Crippen LogP contribution in [0.3, 0.4) is 0 Å². The molecule has 0 aliphatic heterocycles. The van der Waals surface area contributed by atoms with Gasteiger partial charge < -0.3 is 4.42 Å². The summed E-state index contributed by atoms with van der Waals surface area (Å²) in [6.45, 7) is 3.78. The van der Waals surface area contributed by atoms with Crippen molar-refractivity contribution in [2.45, 2.75) is 20.3 Å². The molecule has 1 aromatic heterocycles. The predicted molar refractivity (Wildman–Crippen MR) is 68.5 cm³/mol. The van der Waals surface area contributed by atoms with Gasteiger partial charge in [0.05, 0.1) is 0 Å². The maximum absolute atomic E-state index is 11.5. The summed E-state index contributed by atoms with van der Waals surface area (Å²) in [5.74, 6) is 1.13. The van der Waals surface area contributed by atoms with Crippen molar-refractivity contribution in [2.75, 3.05) is 0 Å². The van der Waals surface area contributed by atoms with Gasteiger partial charge in [0.15, 0.2) is 11.5 Å². The Balaban J connectivity index is 2.40. The highest BCUT2D eigenvalue weighted by molar-refractivity contribution is 6.30. The number of Topliss-reactive ketones (excluding diaryl/α,β-unsaturated/α-hetero) is 1. The summed E-state index contributed by atoms with van der Waals surface area (Å²) >= 11 is 5.90. The molecule has 0 bridgehead atoms. The smallest absolute Gasteiger partial charge is 0.197 e. The summed E-state index contributed by atoms with van der Waals surface area (Å²) in [4.78, 5) is 11.5. The van der Waals surface area contributed by atoms with E-state index in [9.17, 15) is 4.79 Å². The van der Waals surface area contributed by atoms with Gasteiger partial charge >= 0.3 is 0 Å². The zero-order chi connectivity index (χ0) is 12.4. The molecule has 88 valence electrons. The number of hydrogen-bond acceptors (Lipinski definition) is 2. The summed E-state index contributed by atoms with van der Waals surface area (Å²) in [6.07, 6.45) is 0.451. The fourth-order valence-electron chi connectivity index (χ4n) is 1.71. The molecule has 17 heavy (non-hydrogen) atoms. The van der Waals surface area contributed by atoms with Crippen molar-refractivity contribution in [2.24, 2.45) is 0 Å². The van der Waals surface area contributed by atoms with Crippen LogP contribution in [0.15, 0.2) is 34.7 Å². The number of furan rings is 1. The largest absolute Gasteiger partial charge is 0.453 e. The second-order valence-corrected chi connectivity index (χ2v) is 4.34. The van der Waals surface area contributed by atoms with Gasteiger partial charge in [0, 0.05) is 17.0 Å². The van der Waals surface area contributed by atoms with E-state index in [1.165, 1.54) is 0 Å². The lowest BCUT2D eigenvalue weighted by atomic mass is 10.1. The van der Waals surface area contributed by atoms with Crippen molar-refractivity contribution >= 4 is 17.4 Å². The fraction of sp³-hybridized carbons (Fsp3) is 0.214. The molecule has 3 heteroatoms. The van der Waals surface area contributed by atoms with Gasteiger partial charge in [0.2, 0.25) is 0 Å². The lowest BCUT2D eigenvalue weighted by molar-refractivity contribution is 0.0962. The number of rotatable bonds is 3. The first-order chi connectivity index (χ1) is 8.11. The first-order valence-electron chi connectivity index (χ1n) is 5.51. The Kier molecular flexibility index (Phi) is 3.34. The van der Waals surface area contributed by atoms with E-state index in [1.807, 2.05) is 38.1 Å². The summed E-state index contributed by atoms with van der Waals surface area (Å²) in [6, 6.07) is 9.12. The predicted octanol–water partition coefficient (Wildman–Crippen LogP) is 4.50. The number of ketones is 1. The van der Waals surface area contributed by atoms with Crippen molar-refractivity contribution in [3.8, 4) is 11.3 Å². The van der Waals surface area contributed by atoms with E-state index >= 15 is 0 Å². The van der Waals surface area contributed by atoms with Crippen molar-refractivity contribution < 1.29 is 9.21 Å². The molecular formula is C14H13ClO2. The van der Waals surface area contributed by atoms with Gasteiger partial charge in [-0.25, -0.2) is 0 Å². The Bertz CT molecular complexity index is 555. The Morgan fingerprint density at radius 3 is 2.71 bits per heavy atom. The van der Waals surface area contributed by atoms with Gasteiger partial charge in [-0.05, 0) is 42.8 Å². The maximum Gasteiger partial charge on any atom is 0.197 e. The molecule has 2 nitrogen and oxygen atoms in total. The van der Waals surface area contributed by atoms with E-state index in [-0.39, 0.29) is 5.78 Å². The molecule has 0 fully saturated rings. The summed E-state index contributed by atoms with van der Waals surface area (Å²) in [5, 5.41) is 0.697. The van der Waals surface area contributed by atoms with Crippen molar-refractivity contribution in [3.05, 3.63) is 46.7 Å². The van der Waals surface area contributed by atoms with Gasteiger partial charge in [-0.3, -0.25) is 4.79 Å². The monoisotopic (exact) mass is 248 g/mol. The second kappa shape index (κ2) is 4.76. The quantitative estimate of drug-likeness (QED) is 0.749. The van der Waals surface area contributed by atoms with Crippen molar-refractivity contribution in [1.29, 1.82) is 0 Å². The van der Waals surface area contributed by atoms with Gasteiger partial charge in [-0.1, -0.05) is 18.5 Å². The van der Waals surface area contributed by atoms with Crippen LogP contribution in [0.5, 0.6) is 0 Å². The maximum atomic E-state index is 11.5. The van der Waals surface area contributed by atoms with E-state index in [0.717, 1.165) is 11.1 Å². The summed E-state index contributed by atoms with van der Waals surface area (Å²) < 4.78 is 5.55. The molecule has 0 radical (unpaired) electrons. The molecule has 1 aromatic carbocycles. The lowest BCUT2D eigenvalue weighted by Crippen LogP contribution is -1.92. The summed E-state index contributed by atoms with van der Waals surface area (Å²) in [7, 11) is 0. The molecule has 0 saturated carbocycles. The van der Waals surface area contributed by atoms with E-state index in [4.69, 9.17) is 16.0 Å². The highest BCUT2D eigenvalue weighted by atomic mass is 35.5. The molecule has 0 saturated heterocycles. The van der Waals surface area contributed by atoms with Gasteiger partial charge in [0.1, 0.15) is 5.76 Å².